The van der Waals surface area contributed by atoms with Crippen LogP contribution in [-0.2, 0) is 21.4 Å². The Labute approximate surface area is 183 Å². The molecular formula is C24H25N3O3S. The average molecular weight is 436 g/mol. The maximum absolute atomic E-state index is 13.5. The summed E-state index contributed by atoms with van der Waals surface area (Å²) in [6.07, 6.45) is 4.60. The maximum Gasteiger partial charge on any atom is 0.243 e. The average Bonchev–Trinajstić information content (AvgIpc) is 2.84. The molecule has 160 valence electrons. The van der Waals surface area contributed by atoms with Gasteiger partial charge in [0.1, 0.15) is 0 Å². The van der Waals surface area contributed by atoms with Crippen molar-refractivity contribution in [2.24, 2.45) is 5.92 Å². The number of benzene rings is 2. The van der Waals surface area contributed by atoms with Gasteiger partial charge in [-0.15, -0.1) is 0 Å². The predicted molar refractivity (Wildman–Crippen MR) is 118 cm³/mol. The summed E-state index contributed by atoms with van der Waals surface area (Å²) in [7, 11) is -3.75. The van der Waals surface area contributed by atoms with E-state index in [9.17, 15) is 13.2 Å². The van der Waals surface area contributed by atoms with E-state index in [0.717, 1.165) is 11.1 Å². The van der Waals surface area contributed by atoms with Crippen molar-refractivity contribution in [1.82, 2.24) is 14.6 Å². The Bertz CT molecular complexity index is 1110. The van der Waals surface area contributed by atoms with E-state index in [1.807, 2.05) is 42.5 Å². The molecule has 1 aliphatic heterocycles. The van der Waals surface area contributed by atoms with E-state index in [2.05, 4.69) is 10.3 Å². The van der Waals surface area contributed by atoms with E-state index in [4.69, 9.17) is 0 Å². The van der Waals surface area contributed by atoms with Crippen molar-refractivity contribution in [3.05, 3.63) is 96.3 Å². The number of hydrogen-bond acceptors (Lipinski definition) is 4. The quantitative estimate of drug-likeness (QED) is 0.642. The van der Waals surface area contributed by atoms with Crippen LogP contribution in [0.5, 0.6) is 0 Å². The van der Waals surface area contributed by atoms with Crippen molar-refractivity contribution in [2.75, 3.05) is 6.54 Å². The van der Waals surface area contributed by atoms with Crippen LogP contribution >= 0.6 is 0 Å². The molecule has 1 N–H and O–H groups in total. The number of piperidine rings is 1. The van der Waals surface area contributed by atoms with Gasteiger partial charge in [-0.3, -0.25) is 9.78 Å². The molecule has 2 unspecified atom stereocenters. The molecule has 1 aliphatic rings. The molecular weight excluding hydrogens is 410 g/mol. The molecule has 31 heavy (non-hydrogen) atoms. The van der Waals surface area contributed by atoms with Crippen molar-refractivity contribution in [2.45, 2.75) is 30.3 Å². The first-order chi connectivity index (χ1) is 15.1. The number of amides is 1. The second-order valence-electron chi connectivity index (χ2n) is 7.67. The van der Waals surface area contributed by atoms with Crippen molar-refractivity contribution < 1.29 is 13.2 Å². The highest BCUT2D eigenvalue weighted by Crippen LogP contribution is 2.37. The standard InChI is InChI=1S/C24H25N3O3S/c28-24(26-17-19-8-7-15-25-16-19)21-13-14-23(20-9-3-1-4-10-20)27(18-21)31(29,30)22-11-5-2-6-12-22/h1-12,15-16,21,23H,13-14,17-18H2,(H,26,28). The molecule has 0 bridgehead atoms. The first-order valence-electron chi connectivity index (χ1n) is 10.3. The maximum atomic E-state index is 13.5. The van der Waals surface area contributed by atoms with Crippen LogP contribution < -0.4 is 5.32 Å². The second kappa shape index (κ2) is 9.41. The summed E-state index contributed by atoms with van der Waals surface area (Å²) in [5.74, 6) is -0.543. The van der Waals surface area contributed by atoms with Gasteiger partial charge in [-0.05, 0) is 42.2 Å². The monoisotopic (exact) mass is 435 g/mol. The highest BCUT2D eigenvalue weighted by molar-refractivity contribution is 7.89. The van der Waals surface area contributed by atoms with Crippen LogP contribution in [0.15, 0.2) is 90.1 Å². The second-order valence-corrected chi connectivity index (χ2v) is 9.56. The number of nitrogens with one attached hydrogen (secondary N) is 1. The van der Waals surface area contributed by atoms with Crippen LogP contribution in [0.2, 0.25) is 0 Å². The lowest BCUT2D eigenvalue weighted by atomic mass is 9.90. The number of sulfonamides is 1. The number of carbonyl (C=O) groups is 1. The summed E-state index contributed by atoms with van der Waals surface area (Å²) in [5.41, 5.74) is 1.85. The number of aromatic nitrogens is 1. The Hall–Kier alpha value is -3.03. The fraction of sp³-hybridized carbons (Fsp3) is 0.250. The molecule has 0 saturated carbocycles. The normalized spacial score (nSPS) is 19.6. The number of pyridine rings is 1. The molecule has 1 aromatic heterocycles. The Morgan fingerprint density at radius 3 is 2.35 bits per heavy atom. The van der Waals surface area contributed by atoms with Crippen molar-refractivity contribution in [1.29, 1.82) is 0 Å². The molecule has 0 aliphatic carbocycles. The molecule has 6 nitrogen and oxygen atoms in total. The van der Waals surface area contributed by atoms with Gasteiger partial charge in [0.15, 0.2) is 0 Å². The smallest absolute Gasteiger partial charge is 0.243 e. The molecule has 3 aromatic rings. The largest absolute Gasteiger partial charge is 0.352 e. The summed E-state index contributed by atoms with van der Waals surface area (Å²) in [6, 6.07) is 21.5. The third-order valence-corrected chi connectivity index (χ3v) is 7.52. The molecule has 2 atom stereocenters. The Morgan fingerprint density at radius 2 is 1.68 bits per heavy atom. The number of nitrogens with zero attached hydrogens (tertiary/aromatic N) is 2. The van der Waals surface area contributed by atoms with E-state index < -0.39 is 15.9 Å². The van der Waals surface area contributed by atoms with Crippen molar-refractivity contribution in [3.8, 4) is 0 Å². The lowest BCUT2D eigenvalue weighted by molar-refractivity contribution is -0.126. The van der Waals surface area contributed by atoms with Gasteiger partial charge in [0, 0.05) is 25.5 Å². The highest BCUT2D eigenvalue weighted by atomic mass is 32.2. The van der Waals surface area contributed by atoms with E-state index in [1.54, 1.807) is 42.7 Å². The van der Waals surface area contributed by atoms with Crippen molar-refractivity contribution in [3.63, 3.8) is 0 Å². The van der Waals surface area contributed by atoms with E-state index in [0.29, 0.717) is 19.4 Å². The zero-order chi connectivity index (χ0) is 21.7. The zero-order valence-corrected chi connectivity index (χ0v) is 17.9. The topological polar surface area (TPSA) is 79.4 Å². The molecule has 1 saturated heterocycles. The summed E-state index contributed by atoms with van der Waals surface area (Å²) in [5, 5.41) is 2.93. The third-order valence-electron chi connectivity index (χ3n) is 5.63. The lowest BCUT2D eigenvalue weighted by Crippen LogP contribution is -2.46. The summed E-state index contributed by atoms with van der Waals surface area (Å²) < 4.78 is 28.5. The van der Waals surface area contributed by atoms with Crippen LogP contribution in [-0.4, -0.2) is 30.2 Å². The SMILES string of the molecule is O=C(NCc1cccnc1)C1CCC(c2ccccc2)N(S(=O)(=O)c2ccccc2)C1. The van der Waals surface area contributed by atoms with Gasteiger partial charge in [0.2, 0.25) is 15.9 Å². The summed E-state index contributed by atoms with van der Waals surface area (Å²) in [4.78, 5) is 17.2. The first-order valence-corrected chi connectivity index (χ1v) is 11.8. The highest BCUT2D eigenvalue weighted by Gasteiger charge is 2.39. The molecule has 1 fully saturated rings. The van der Waals surface area contributed by atoms with E-state index in [1.165, 1.54) is 4.31 Å². The van der Waals surface area contributed by atoms with Gasteiger partial charge in [0.25, 0.3) is 0 Å². The van der Waals surface area contributed by atoms with Crippen LogP contribution in [0.4, 0.5) is 0 Å². The van der Waals surface area contributed by atoms with Gasteiger partial charge < -0.3 is 5.32 Å². The molecule has 1 amide bonds. The molecule has 2 heterocycles. The molecule has 2 aromatic carbocycles. The molecule has 7 heteroatoms. The van der Waals surface area contributed by atoms with Gasteiger partial charge in [-0.1, -0.05) is 54.6 Å². The minimum absolute atomic E-state index is 0.136. The minimum Gasteiger partial charge on any atom is -0.352 e. The number of hydrogen-bond donors (Lipinski definition) is 1. The first kappa shape index (κ1) is 21.2. The van der Waals surface area contributed by atoms with E-state index in [-0.39, 0.29) is 23.4 Å². The summed E-state index contributed by atoms with van der Waals surface area (Å²) >= 11 is 0. The van der Waals surface area contributed by atoms with Gasteiger partial charge in [0.05, 0.1) is 16.9 Å². The molecule has 0 radical (unpaired) electrons. The molecule has 0 spiro atoms. The Balaban J connectivity index is 1.57. The van der Waals surface area contributed by atoms with Crippen LogP contribution in [0.25, 0.3) is 0 Å². The number of rotatable bonds is 6. The van der Waals surface area contributed by atoms with Crippen LogP contribution in [0, 0.1) is 5.92 Å². The third kappa shape index (κ3) is 4.84. The van der Waals surface area contributed by atoms with Gasteiger partial charge in [-0.2, -0.15) is 4.31 Å². The van der Waals surface area contributed by atoms with Crippen LogP contribution in [0.3, 0.4) is 0 Å². The minimum atomic E-state index is -3.75. The fourth-order valence-corrected chi connectivity index (χ4v) is 5.70. The lowest BCUT2D eigenvalue weighted by Gasteiger charge is -2.38. The predicted octanol–water partition coefficient (Wildman–Crippen LogP) is 3.54. The Morgan fingerprint density at radius 1 is 0.968 bits per heavy atom. The van der Waals surface area contributed by atoms with Crippen LogP contribution in [0.1, 0.15) is 30.0 Å². The van der Waals surface area contributed by atoms with Gasteiger partial charge >= 0.3 is 0 Å². The van der Waals surface area contributed by atoms with Crippen molar-refractivity contribution >= 4 is 15.9 Å². The number of carbonyl (C=O) groups excluding carboxylic acids is 1. The van der Waals surface area contributed by atoms with E-state index >= 15 is 0 Å². The fourth-order valence-electron chi connectivity index (χ4n) is 3.99. The zero-order valence-electron chi connectivity index (χ0n) is 17.1. The Kier molecular flexibility index (Phi) is 6.44. The molecule has 4 rings (SSSR count). The van der Waals surface area contributed by atoms with Gasteiger partial charge in [-0.25, -0.2) is 8.42 Å². The summed E-state index contributed by atoms with van der Waals surface area (Å²) in [6.45, 7) is 0.520.